The van der Waals surface area contributed by atoms with Crippen LogP contribution >= 0.6 is 0 Å². The van der Waals surface area contributed by atoms with Crippen molar-refractivity contribution in [2.24, 2.45) is 0 Å². The molecule has 2 aromatic carbocycles. The number of ether oxygens (including phenoxy) is 3. The van der Waals surface area contributed by atoms with Crippen LogP contribution in [-0.2, 0) is 4.74 Å². The van der Waals surface area contributed by atoms with E-state index >= 15 is 0 Å². The third kappa shape index (κ3) is 5.01. The topological polar surface area (TPSA) is 166 Å². The Kier molecular flexibility index (Phi) is 7.33. The van der Waals surface area contributed by atoms with Crippen molar-refractivity contribution in [2.75, 3.05) is 13.7 Å². The van der Waals surface area contributed by atoms with E-state index < -0.39 is 48.8 Å². The number of phenolic OH excluding ortho intramolecular Hbond substituents is 2. The van der Waals surface area contributed by atoms with Gasteiger partial charge in [-0.1, -0.05) is 12.1 Å². The first-order chi connectivity index (χ1) is 15.2. The summed E-state index contributed by atoms with van der Waals surface area (Å²) in [5.74, 6) is -0.671. The van der Waals surface area contributed by atoms with Crippen molar-refractivity contribution in [2.45, 2.75) is 30.7 Å². The van der Waals surface area contributed by atoms with Gasteiger partial charge >= 0.3 is 0 Å². The molecule has 0 unspecified atom stereocenters. The molecule has 1 saturated heterocycles. The lowest BCUT2D eigenvalue weighted by atomic mass is 9.99. The smallest absolute Gasteiger partial charge is 0.229 e. The second-order valence-corrected chi connectivity index (χ2v) is 7.12. The summed E-state index contributed by atoms with van der Waals surface area (Å²) >= 11 is 0. The highest BCUT2D eigenvalue weighted by atomic mass is 16.7. The van der Waals surface area contributed by atoms with Crippen molar-refractivity contribution < 1.29 is 49.6 Å². The maximum atomic E-state index is 12.5. The van der Waals surface area contributed by atoms with Gasteiger partial charge < -0.3 is 44.8 Å². The Balaban J connectivity index is 1.71. The van der Waals surface area contributed by atoms with Crippen LogP contribution in [0.4, 0.5) is 0 Å². The Hall–Kier alpha value is -3.15. The van der Waals surface area contributed by atoms with Gasteiger partial charge in [-0.05, 0) is 35.9 Å². The van der Waals surface area contributed by atoms with Gasteiger partial charge in [0.25, 0.3) is 0 Å². The molecule has 10 nitrogen and oxygen atoms in total. The Bertz CT molecular complexity index is 987. The van der Waals surface area contributed by atoms with Crippen LogP contribution in [0.1, 0.15) is 15.9 Å². The number of hydrogen-bond acceptors (Lipinski definition) is 10. The first kappa shape index (κ1) is 23.5. The van der Waals surface area contributed by atoms with Crippen molar-refractivity contribution in [1.29, 1.82) is 0 Å². The molecular weight excluding hydrogens is 424 g/mol. The number of aromatic hydroxyl groups is 2. The fourth-order valence-electron chi connectivity index (χ4n) is 3.15. The van der Waals surface area contributed by atoms with E-state index in [9.17, 15) is 35.4 Å². The number of carbonyl (C=O) groups is 1. The molecule has 5 atom stereocenters. The van der Waals surface area contributed by atoms with Crippen LogP contribution in [-0.4, -0.2) is 80.8 Å². The van der Waals surface area contributed by atoms with Crippen LogP contribution in [0.15, 0.2) is 42.5 Å². The van der Waals surface area contributed by atoms with Gasteiger partial charge in [0.2, 0.25) is 6.29 Å². The average Bonchev–Trinajstić information content (AvgIpc) is 2.78. The zero-order valence-corrected chi connectivity index (χ0v) is 17.0. The largest absolute Gasteiger partial charge is 0.507 e. The first-order valence-corrected chi connectivity index (χ1v) is 9.64. The number of aliphatic hydroxyl groups excluding tert-OH is 4. The number of allylic oxidation sites excluding steroid dienone is 1. The van der Waals surface area contributed by atoms with Crippen LogP contribution in [0.25, 0.3) is 6.08 Å². The number of hydrogen-bond donors (Lipinski definition) is 6. The van der Waals surface area contributed by atoms with E-state index in [1.54, 1.807) is 6.07 Å². The van der Waals surface area contributed by atoms with Crippen LogP contribution < -0.4 is 9.47 Å². The van der Waals surface area contributed by atoms with Crippen LogP contribution in [0.3, 0.4) is 0 Å². The minimum Gasteiger partial charge on any atom is -0.507 e. The maximum absolute atomic E-state index is 12.5. The van der Waals surface area contributed by atoms with Crippen molar-refractivity contribution in [1.82, 2.24) is 0 Å². The van der Waals surface area contributed by atoms with Gasteiger partial charge in [0.15, 0.2) is 17.3 Å². The summed E-state index contributed by atoms with van der Waals surface area (Å²) in [6.45, 7) is -0.608. The van der Waals surface area contributed by atoms with E-state index in [1.807, 2.05) is 0 Å². The second kappa shape index (κ2) is 9.98. The Morgan fingerprint density at radius 1 is 1.03 bits per heavy atom. The monoisotopic (exact) mass is 448 g/mol. The fourth-order valence-corrected chi connectivity index (χ4v) is 3.15. The lowest BCUT2D eigenvalue weighted by Gasteiger charge is -2.39. The first-order valence-electron chi connectivity index (χ1n) is 9.64. The van der Waals surface area contributed by atoms with Gasteiger partial charge in [-0.25, -0.2) is 0 Å². The molecule has 1 fully saturated rings. The number of carbonyl (C=O) groups excluding carboxylic acids is 1. The van der Waals surface area contributed by atoms with Gasteiger partial charge in [0.1, 0.15) is 35.9 Å². The maximum Gasteiger partial charge on any atom is 0.229 e. The molecule has 3 rings (SSSR count). The van der Waals surface area contributed by atoms with Crippen molar-refractivity contribution in [3.05, 3.63) is 53.6 Å². The lowest BCUT2D eigenvalue weighted by molar-refractivity contribution is -0.277. The van der Waals surface area contributed by atoms with Crippen molar-refractivity contribution in [3.8, 4) is 23.0 Å². The summed E-state index contributed by atoms with van der Waals surface area (Å²) in [7, 11) is 1.40. The highest BCUT2D eigenvalue weighted by molar-refractivity contribution is 6.08. The number of aliphatic hydroxyl groups is 4. The van der Waals surface area contributed by atoms with Gasteiger partial charge in [0.05, 0.1) is 19.3 Å². The molecule has 32 heavy (non-hydrogen) atoms. The van der Waals surface area contributed by atoms with Gasteiger partial charge in [-0.2, -0.15) is 0 Å². The lowest BCUT2D eigenvalue weighted by Crippen LogP contribution is -2.60. The third-order valence-electron chi connectivity index (χ3n) is 4.97. The minimum absolute atomic E-state index is 0.0202. The summed E-state index contributed by atoms with van der Waals surface area (Å²) in [5, 5.41) is 58.8. The Morgan fingerprint density at radius 3 is 2.44 bits per heavy atom. The van der Waals surface area contributed by atoms with Gasteiger partial charge in [0, 0.05) is 6.07 Å². The number of benzene rings is 2. The number of phenols is 2. The molecule has 0 amide bonds. The number of methoxy groups -OCH3 is 1. The predicted molar refractivity (Wildman–Crippen MR) is 111 cm³/mol. The van der Waals surface area contributed by atoms with Crippen molar-refractivity contribution in [3.63, 3.8) is 0 Å². The summed E-state index contributed by atoms with van der Waals surface area (Å²) in [4.78, 5) is 12.5. The number of rotatable bonds is 7. The normalized spacial score (nSPS) is 25.6. The van der Waals surface area contributed by atoms with E-state index in [1.165, 1.54) is 43.5 Å². The van der Waals surface area contributed by atoms with Crippen molar-refractivity contribution >= 4 is 11.9 Å². The molecule has 2 aromatic rings. The molecule has 1 aliphatic rings. The molecule has 0 aliphatic carbocycles. The average molecular weight is 448 g/mol. The third-order valence-corrected chi connectivity index (χ3v) is 4.97. The van der Waals surface area contributed by atoms with Gasteiger partial charge in [-0.15, -0.1) is 0 Å². The fraction of sp³-hybridized carbons (Fsp3) is 0.318. The van der Waals surface area contributed by atoms with E-state index in [2.05, 4.69) is 0 Å². The zero-order valence-electron chi connectivity index (χ0n) is 17.0. The minimum atomic E-state index is -1.61. The summed E-state index contributed by atoms with van der Waals surface area (Å²) in [6, 6.07) is 8.33. The second-order valence-electron chi connectivity index (χ2n) is 7.12. The molecule has 0 radical (unpaired) electrons. The van der Waals surface area contributed by atoms with Crippen LogP contribution in [0.5, 0.6) is 23.0 Å². The molecular formula is C22H24O10. The highest BCUT2D eigenvalue weighted by Gasteiger charge is 2.44. The molecule has 10 heteroatoms. The van der Waals surface area contributed by atoms with Gasteiger partial charge in [-0.3, -0.25) is 4.79 Å². The zero-order chi connectivity index (χ0) is 23.4. The molecule has 0 bridgehead atoms. The van der Waals surface area contributed by atoms with E-state index in [-0.39, 0.29) is 22.8 Å². The number of ketones is 1. The molecule has 172 valence electrons. The Labute approximate surface area is 183 Å². The highest BCUT2D eigenvalue weighted by Crippen LogP contribution is 2.29. The van der Waals surface area contributed by atoms with E-state index in [0.717, 1.165) is 6.07 Å². The molecule has 0 spiro atoms. The van der Waals surface area contributed by atoms with E-state index in [4.69, 9.17) is 14.2 Å². The van der Waals surface area contributed by atoms with Crippen LogP contribution in [0.2, 0.25) is 0 Å². The molecule has 0 aromatic heterocycles. The molecule has 0 saturated carbocycles. The quantitative estimate of drug-likeness (QED) is 0.254. The molecule has 6 N–H and O–H groups in total. The van der Waals surface area contributed by atoms with E-state index in [0.29, 0.717) is 5.56 Å². The summed E-state index contributed by atoms with van der Waals surface area (Å²) < 4.78 is 15.7. The summed E-state index contributed by atoms with van der Waals surface area (Å²) in [6.07, 6.45) is -4.58. The van der Waals surface area contributed by atoms with Crippen LogP contribution in [0, 0.1) is 0 Å². The Morgan fingerprint density at radius 2 is 1.78 bits per heavy atom. The SMILES string of the molecule is COc1cc(/C=C/C(=O)c2ccc(O[C@@H]3O[C@H](CO)[C@@H](O)[C@H](O)[C@H]3O)cc2O)ccc1O. The molecule has 1 heterocycles. The predicted octanol–water partition coefficient (Wildman–Crippen LogP) is 0.181. The molecule has 1 aliphatic heterocycles. The summed E-state index contributed by atoms with van der Waals surface area (Å²) in [5.41, 5.74) is 0.572. The standard InChI is InChI=1S/C22H24O10/c1-30-17-8-11(3-7-15(17)25)2-6-14(24)13-5-4-12(9-16(13)26)31-22-21(29)20(28)19(27)18(10-23)32-22/h2-9,18-23,25-29H,10H2,1H3/b6-2+/t18-,19-,20+,21-,22-/m1/s1.